The SMILES string of the molecule is C[C@@H](O)[C@H]1C(=O)N2C(C(=O)[O-])=C(CN3N=C(c4ccccc4)c4ccc(CC[N+]56CC[N+](CCCO)(CC5)CC6)cc4S3(=O)=O)[C@H](C)[C@H]12.[Cl-]. The van der Waals surface area contributed by atoms with E-state index in [0.717, 1.165) is 88.2 Å². The van der Waals surface area contributed by atoms with Crippen LogP contribution in [0, 0.1) is 11.8 Å². The summed E-state index contributed by atoms with van der Waals surface area (Å²) in [5, 5.41) is 36.6. The standard InChI is InChI=1S/C35H44N5O7S.ClH/c1-23-28(33(35(44)45)38-32(23)30(24(2)42)34(38)43)22-37-36-31(26-7-4-3-5-8-26)27-10-9-25(21-29(27)48(37,46)47)11-13-40-17-14-39(15-18-40,16-19-40)12-6-20-41;/h3-5,7-10,21,23-24,30,32,41-42H,6,11-20,22H2,1-2H3;1H/q+1;/p-1/t23-,24+,30+,32+,39?,40?;/m0./s1. The van der Waals surface area contributed by atoms with Crippen molar-refractivity contribution >= 4 is 27.6 Å². The number of hydrazone groups is 1. The number of fused-ring (bicyclic) bond motifs is 5. The molecule has 6 heterocycles. The quantitative estimate of drug-likeness (QED) is 0.185. The molecule has 2 aromatic rings. The molecule has 6 aliphatic rings. The number of aliphatic hydroxyl groups excluding tert-OH is 2. The van der Waals surface area contributed by atoms with Crippen LogP contribution in [0.15, 0.2) is 69.8 Å². The molecule has 6 aliphatic heterocycles. The van der Waals surface area contributed by atoms with E-state index in [0.29, 0.717) is 17.7 Å². The van der Waals surface area contributed by atoms with Gasteiger partial charge in [-0.2, -0.15) is 17.9 Å². The summed E-state index contributed by atoms with van der Waals surface area (Å²) in [4.78, 5) is 26.5. The fourth-order valence-electron chi connectivity index (χ4n) is 8.77. The van der Waals surface area contributed by atoms with E-state index in [-0.39, 0.29) is 41.7 Å². The molecule has 0 aromatic heterocycles. The van der Waals surface area contributed by atoms with Crippen LogP contribution < -0.4 is 17.5 Å². The zero-order valence-corrected chi connectivity index (χ0v) is 29.4. The number of hydrogen-bond donors (Lipinski definition) is 2. The molecule has 2 bridgehead atoms. The number of nitrogens with zero attached hydrogens (tertiary/aromatic N) is 5. The third-order valence-corrected chi connectivity index (χ3v) is 13.4. The molecule has 0 aliphatic carbocycles. The van der Waals surface area contributed by atoms with Gasteiger partial charge >= 0.3 is 0 Å². The van der Waals surface area contributed by atoms with Gasteiger partial charge in [0.15, 0.2) is 0 Å². The van der Waals surface area contributed by atoms with E-state index in [2.05, 4.69) is 5.10 Å². The number of carboxylic acid groups (broad SMARTS) is 1. The molecule has 1 amide bonds. The van der Waals surface area contributed by atoms with Crippen molar-refractivity contribution in [3.63, 3.8) is 0 Å². The summed E-state index contributed by atoms with van der Waals surface area (Å²) >= 11 is 0. The maximum Gasteiger partial charge on any atom is 0.280 e. The Morgan fingerprint density at radius 3 is 2.27 bits per heavy atom. The predicted molar refractivity (Wildman–Crippen MR) is 174 cm³/mol. The summed E-state index contributed by atoms with van der Waals surface area (Å²) in [7, 11) is -4.22. The van der Waals surface area contributed by atoms with E-state index >= 15 is 0 Å². The van der Waals surface area contributed by atoms with Gasteiger partial charge in [-0.1, -0.05) is 49.4 Å². The first-order valence-corrected chi connectivity index (χ1v) is 18.4. The number of hydrogen-bond acceptors (Lipinski definition) is 8. The number of sulfonamides is 1. The van der Waals surface area contributed by atoms with E-state index in [1.807, 2.05) is 42.5 Å². The van der Waals surface area contributed by atoms with Crippen LogP contribution in [-0.2, 0) is 26.0 Å². The number of halogens is 1. The van der Waals surface area contributed by atoms with Crippen LogP contribution >= 0.6 is 0 Å². The number of piperazine rings is 3. The molecule has 0 spiro atoms. The van der Waals surface area contributed by atoms with E-state index in [1.54, 1.807) is 13.0 Å². The number of β-lactam (4-membered cyclic amide) rings is 1. The summed E-state index contributed by atoms with van der Waals surface area (Å²) in [6.45, 7) is 11.6. The van der Waals surface area contributed by atoms with Gasteiger partial charge in [0.25, 0.3) is 10.0 Å². The number of rotatable bonds is 11. The van der Waals surface area contributed by atoms with E-state index in [4.69, 9.17) is 0 Å². The maximum absolute atomic E-state index is 14.4. The summed E-state index contributed by atoms with van der Waals surface area (Å²) in [5.41, 5.74) is 2.47. The molecule has 264 valence electrons. The second-order valence-electron chi connectivity index (χ2n) is 14.3. The first kappa shape index (κ1) is 35.5. The van der Waals surface area contributed by atoms with Crippen molar-refractivity contribution in [2.75, 3.05) is 65.5 Å². The third kappa shape index (κ3) is 5.87. The highest BCUT2D eigenvalue weighted by atomic mass is 35.5. The molecule has 0 radical (unpaired) electrons. The van der Waals surface area contributed by atoms with E-state index < -0.39 is 45.9 Å². The van der Waals surface area contributed by atoms with Gasteiger partial charge in [0.2, 0.25) is 5.91 Å². The largest absolute Gasteiger partial charge is 1.00 e. The molecule has 14 heteroatoms. The number of carbonyl (C=O) groups excluding carboxylic acids is 2. The normalized spacial score (nSPS) is 30.2. The molecule has 2 aromatic carbocycles. The number of aliphatic carboxylic acids is 1. The van der Waals surface area contributed by atoms with Gasteiger partial charge < -0.3 is 46.4 Å². The second-order valence-corrected chi connectivity index (χ2v) is 16.2. The Hall–Kier alpha value is -3.33. The lowest BCUT2D eigenvalue weighted by Crippen LogP contribution is -3.00. The van der Waals surface area contributed by atoms with Crippen LogP contribution in [0.25, 0.3) is 0 Å². The van der Waals surface area contributed by atoms with Crippen molar-refractivity contribution < 1.29 is 54.7 Å². The van der Waals surface area contributed by atoms with Crippen molar-refractivity contribution in [2.24, 2.45) is 16.9 Å². The van der Waals surface area contributed by atoms with Crippen molar-refractivity contribution in [1.82, 2.24) is 9.31 Å². The lowest BCUT2D eigenvalue weighted by molar-refractivity contribution is -1.08. The van der Waals surface area contributed by atoms with E-state index in [9.17, 15) is 33.3 Å². The van der Waals surface area contributed by atoms with Gasteiger partial charge in [-0.15, -0.1) is 0 Å². The number of carbonyl (C=O) groups is 2. The number of aliphatic hydroxyl groups is 2. The number of amides is 1. The predicted octanol–water partition coefficient (Wildman–Crippen LogP) is -3.11. The molecule has 4 atom stereocenters. The minimum absolute atomic E-state index is 0. The van der Waals surface area contributed by atoms with Gasteiger partial charge in [-0.3, -0.25) is 4.79 Å². The average molecular weight is 714 g/mol. The Morgan fingerprint density at radius 2 is 1.67 bits per heavy atom. The Bertz CT molecular complexity index is 1790. The third-order valence-electron chi connectivity index (χ3n) is 11.7. The maximum atomic E-state index is 14.4. The van der Waals surface area contributed by atoms with Gasteiger partial charge in [0.05, 0.1) is 54.3 Å². The number of carboxylic acids is 1. The van der Waals surface area contributed by atoms with Gasteiger partial charge in [-0.25, -0.2) is 0 Å². The molecule has 2 N–H and O–H groups in total. The smallest absolute Gasteiger partial charge is 0.280 e. The van der Waals surface area contributed by atoms with Crippen LogP contribution in [0.3, 0.4) is 0 Å². The van der Waals surface area contributed by atoms with Crippen LogP contribution in [0.4, 0.5) is 0 Å². The minimum atomic E-state index is -4.22. The van der Waals surface area contributed by atoms with E-state index in [1.165, 1.54) is 6.92 Å². The van der Waals surface area contributed by atoms with Crippen LogP contribution in [0.5, 0.6) is 0 Å². The Labute approximate surface area is 293 Å². The summed E-state index contributed by atoms with van der Waals surface area (Å²) in [5.74, 6) is -3.38. The first-order valence-electron chi connectivity index (χ1n) is 17.0. The van der Waals surface area contributed by atoms with Crippen LogP contribution in [-0.4, -0.2) is 132 Å². The number of quaternary nitrogens is 2. The highest BCUT2D eigenvalue weighted by molar-refractivity contribution is 7.89. The minimum Gasteiger partial charge on any atom is -1.00 e. The van der Waals surface area contributed by atoms with Gasteiger partial charge in [-0.05, 0) is 24.1 Å². The highest BCUT2D eigenvalue weighted by Gasteiger charge is 2.59. The molecule has 12 nitrogen and oxygen atoms in total. The van der Waals surface area contributed by atoms with Crippen LogP contribution in [0.1, 0.15) is 37.0 Å². The highest BCUT2D eigenvalue weighted by Crippen LogP contribution is 2.47. The molecular formula is C35H44ClN5O7S. The number of benzene rings is 2. The first-order chi connectivity index (χ1) is 22.9. The van der Waals surface area contributed by atoms with Crippen molar-refractivity contribution in [1.29, 1.82) is 0 Å². The molecule has 49 heavy (non-hydrogen) atoms. The Balaban J connectivity index is 0.00000417. The van der Waals surface area contributed by atoms with Crippen molar-refractivity contribution in [2.45, 2.75) is 43.7 Å². The summed E-state index contributed by atoms with van der Waals surface area (Å²) < 4.78 is 31.8. The van der Waals surface area contributed by atoms with Gasteiger partial charge in [0, 0.05) is 36.5 Å². The topological polar surface area (TPSA) is 151 Å². The molecule has 0 saturated carbocycles. The zero-order chi connectivity index (χ0) is 34.0. The summed E-state index contributed by atoms with van der Waals surface area (Å²) in [6.07, 6.45) is 0.565. The molecule has 4 saturated heterocycles. The lowest BCUT2D eigenvalue weighted by Gasteiger charge is -2.55. The Kier molecular flexibility index (Phi) is 9.48. The van der Waals surface area contributed by atoms with Crippen LogP contribution in [0.2, 0.25) is 0 Å². The van der Waals surface area contributed by atoms with Crippen molar-refractivity contribution in [3.05, 3.63) is 76.5 Å². The zero-order valence-electron chi connectivity index (χ0n) is 27.9. The fourth-order valence-corrected chi connectivity index (χ4v) is 10.2. The Morgan fingerprint density at radius 1 is 1.04 bits per heavy atom. The molecular weight excluding hydrogens is 670 g/mol. The second kappa shape index (κ2) is 13.1. The average Bonchev–Trinajstić information content (AvgIpc) is 3.32. The molecule has 0 unspecified atom stereocenters. The fraction of sp³-hybridized carbons (Fsp3) is 0.514. The molecule has 4 fully saturated rings. The van der Waals surface area contributed by atoms with Crippen molar-refractivity contribution in [3.8, 4) is 0 Å². The monoisotopic (exact) mass is 713 g/mol. The summed E-state index contributed by atoms with van der Waals surface area (Å²) in [6, 6.07) is 14.2. The lowest BCUT2D eigenvalue weighted by atomic mass is 9.78. The molecule has 8 rings (SSSR count). The van der Waals surface area contributed by atoms with Gasteiger partial charge in [0.1, 0.15) is 45.0 Å².